The lowest BCUT2D eigenvalue weighted by molar-refractivity contribution is -0.137. The van der Waals surface area contributed by atoms with Crippen LogP contribution in [0.5, 0.6) is 0 Å². The van der Waals surface area contributed by atoms with E-state index in [0.717, 1.165) is 17.8 Å². The van der Waals surface area contributed by atoms with Crippen molar-refractivity contribution in [1.29, 1.82) is 0 Å². The van der Waals surface area contributed by atoms with Crippen LogP contribution < -0.4 is 4.90 Å². The lowest BCUT2D eigenvalue weighted by Crippen LogP contribution is -2.39. The minimum Gasteiger partial charge on any atom is -0.315 e. The highest BCUT2D eigenvalue weighted by Gasteiger charge is 2.51. The number of carbonyl (C=O) groups is 1. The number of para-hydroxylation sites is 1. The SMILES string of the molecule is O=C(Cc1ccc(Cl)cc1)N=C1S[C@@H]2CS(=O)(=O)C[C@H]2N1c1ccccc1C(F)(F)F. The van der Waals surface area contributed by atoms with E-state index in [4.69, 9.17) is 11.6 Å². The van der Waals surface area contributed by atoms with Crippen LogP contribution in [0.25, 0.3) is 0 Å². The number of amides is 1. The highest BCUT2D eigenvalue weighted by molar-refractivity contribution is 8.16. The third-order valence-electron chi connectivity index (χ3n) is 5.02. The maximum Gasteiger partial charge on any atom is 0.418 e. The van der Waals surface area contributed by atoms with E-state index in [0.29, 0.717) is 10.6 Å². The monoisotopic (exact) mass is 488 g/mol. The van der Waals surface area contributed by atoms with Crippen molar-refractivity contribution in [3.8, 4) is 0 Å². The van der Waals surface area contributed by atoms with Crippen molar-refractivity contribution in [3.05, 3.63) is 64.7 Å². The fourth-order valence-electron chi connectivity index (χ4n) is 3.69. The third kappa shape index (κ3) is 4.75. The number of hydrogen-bond donors (Lipinski definition) is 0. The van der Waals surface area contributed by atoms with Crippen LogP contribution in [-0.4, -0.2) is 42.3 Å². The highest BCUT2D eigenvalue weighted by Crippen LogP contribution is 2.45. The first-order valence-electron chi connectivity index (χ1n) is 9.22. The van der Waals surface area contributed by atoms with Gasteiger partial charge in [-0.2, -0.15) is 18.2 Å². The number of sulfone groups is 1. The molecule has 0 bridgehead atoms. The molecule has 0 spiro atoms. The average Bonchev–Trinajstić information content (AvgIpc) is 3.13. The molecule has 2 atom stereocenters. The van der Waals surface area contributed by atoms with Crippen LogP contribution in [0.15, 0.2) is 53.5 Å². The molecular weight excluding hydrogens is 473 g/mol. The summed E-state index contributed by atoms with van der Waals surface area (Å²) in [4.78, 5) is 17.9. The molecule has 2 aromatic carbocycles. The Balaban J connectivity index is 1.71. The van der Waals surface area contributed by atoms with Crippen LogP contribution in [0.4, 0.5) is 18.9 Å². The average molecular weight is 489 g/mol. The highest BCUT2D eigenvalue weighted by atomic mass is 35.5. The molecule has 2 aliphatic heterocycles. The summed E-state index contributed by atoms with van der Waals surface area (Å²) in [6, 6.07) is 10.8. The quantitative estimate of drug-likeness (QED) is 0.647. The normalized spacial score (nSPS) is 23.9. The zero-order valence-corrected chi connectivity index (χ0v) is 18.2. The largest absolute Gasteiger partial charge is 0.418 e. The predicted molar refractivity (Wildman–Crippen MR) is 115 cm³/mol. The maximum atomic E-state index is 13.6. The Morgan fingerprint density at radius 2 is 1.81 bits per heavy atom. The molecule has 2 saturated heterocycles. The van der Waals surface area contributed by atoms with Crippen molar-refractivity contribution < 1.29 is 26.4 Å². The maximum absolute atomic E-state index is 13.6. The molecule has 164 valence electrons. The van der Waals surface area contributed by atoms with Crippen LogP contribution in [0.2, 0.25) is 5.02 Å². The van der Waals surface area contributed by atoms with E-state index < -0.39 is 38.8 Å². The van der Waals surface area contributed by atoms with E-state index in [-0.39, 0.29) is 28.8 Å². The smallest absolute Gasteiger partial charge is 0.315 e. The van der Waals surface area contributed by atoms with Gasteiger partial charge in [-0.3, -0.25) is 4.79 Å². The van der Waals surface area contributed by atoms with Crippen molar-refractivity contribution in [1.82, 2.24) is 0 Å². The molecule has 0 N–H and O–H groups in total. The van der Waals surface area contributed by atoms with Crippen LogP contribution in [0, 0.1) is 0 Å². The van der Waals surface area contributed by atoms with E-state index in [2.05, 4.69) is 4.99 Å². The van der Waals surface area contributed by atoms with E-state index in [1.54, 1.807) is 24.3 Å². The number of hydrogen-bond acceptors (Lipinski definition) is 4. The molecule has 4 rings (SSSR count). The number of anilines is 1. The van der Waals surface area contributed by atoms with Gasteiger partial charge in [-0.15, -0.1) is 0 Å². The number of nitrogens with zero attached hydrogens (tertiary/aromatic N) is 2. The minimum absolute atomic E-state index is 0.0520. The van der Waals surface area contributed by atoms with Gasteiger partial charge >= 0.3 is 6.18 Å². The van der Waals surface area contributed by atoms with Crippen molar-refractivity contribution in [2.24, 2.45) is 4.99 Å². The molecule has 31 heavy (non-hydrogen) atoms. The van der Waals surface area contributed by atoms with Gasteiger partial charge in [0.1, 0.15) is 0 Å². The number of aliphatic imine (C=N–C) groups is 1. The van der Waals surface area contributed by atoms with Crippen molar-refractivity contribution in [2.45, 2.75) is 23.9 Å². The van der Waals surface area contributed by atoms with E-state index in [1.165, 1.54) is 23.1 Å². The van der Waals surface area contributed by atoms with Crippen LogP contribution in [0.3, 0.4) is 0 Å². The first-order chi connectivity index (χ1) is 14.5. The van der Waals surface area contributed by atoms with Gasteiger partial charge in [0.2, 0.25) is 0 Å². The second kappa shape index (κ2) is 8.14. The molecule has 0 radical (unpaired) electrons. The summed E-state index contributed by atoms with van der Waals surface area (Å²) >= 11 is 6.87. The summed E-state index contributed by atoms with van der Waals surface area (Å²) in [5, 5.41) is 0.103. The molecular formula is C20H16ClF3N2O3S2. The van der Waals surface area contributed by atoms with Gasteiger partial charge in [-0.1, -0.05) is 47.6 Å². The Bertz CT molecular complexity index is 1150. The zero-order valence-electron chi connectivity index (χ0n) is 15.8. The number of carbonyl (C=O) groups excluding carboxylic acids is 1. The van der Waals surface area contributed by atoms with Gasteiger partial charge in [-0.25, -0.2) is 8.42 Å². The van der Waals surface area contributed by atoms with Crippen LogP contribution >= 0.6 is 23.4 Å². The van der Waals surface area contributed by atoms with E-state index in [1.807, 2.05) is 0 Å². The molecule has 2 heterocycles. The summed E-state index contributed by atoms with van der Waals surface area (Å²) in [5.41, 5.74) is -0.449. The third-order valence-corrected chi connectivity index (χ3v) is 8.49. The summed E-state index contributed by atoms with van der Waals surface area (Å²) in [6.07, 6.45) is -4.70. The number of alkyl halides is 3. The fourth-order valence-corrected chi connectivity index (χ4v) is 7.74. The number of rotatable bonds is 3. The number of benzene rings is 2. The Morgan fingerprint density at radius 1 is 1.13 bits per heavy atom. The first-order valence-corrected chi connectivity index (χ1v) is 12.3. The second-order valence-corrected chi connectivity index (χ2v) is 11.1. The predicted octanol–water partition coefficient (Wildman–Crippen LogP) is 4.20. The van der Waals surface area contributed by atoms with Crippen molar-refractivity contribution in [2.75, 3.05) is 16.4 Å². The summed E-state index contributed by atoms with van der Waals surface area (Å²) in [6.45, 7) is 0. The van der Waals surface area contributed by atoms with Gasteiger partial charge < -0.3 is 4.90 Å². The topological polar surface area (TPSA) is 66.8 Å². The molecule has 11 heteroatoms. The molecule has 0 aliphatic carbocycles. The van der Waals surface area contributed by atoms with Gasteiger partial charge in [0, 0.05) is 10.3 Å². The first kappa shape index (κ1) is 22.2. The lowest BCUT2D eigenvalue weighted by Gasteiger charge is -2.27. The second-order valence-electron chi connectivity index (χ2n) is 7.28. The number of amidine groups is 1. The van der Waals surface area contributed by atoms with Crippen molar-refractivity contribution in [3.63, 3.8) is 0 Å². The molecule has 2 aliphatic rings. The molecule has 0 saturated carbocycles. The Kier molecular flexibility index (Phi) is 5.82. The van der Waals surface area contributed by atoms with E-state index >= 15 is 0 Å². The van der Waals surface area contributed by atoms with Gasteiger partial charge in [0.15, 0.2) is 15.0 Å². The minimum atomic E-state index is -4.64. The molecule has 2 fully saturated rings. The van der Waals surface area contributed by atoms with E-state index in [9.17, 15) is 26.4 Å². The standard InChI is InChI=1S/C20H16ClF3N2O3S2/c21-13-7-5-12(6-8-13)9-18(27)25-19-26(16-10-31(28,29)11-17(16)30-19)15-4-2-1-3-14(15)20(22,23)24/h1-8,16-17H,9-11H2/t16-,17-/m1/s1. The Hall–Kier alpha value is -2.04. The Labute approximate surface area is 186 Å². The lowest BCUT2D eigenvalue weighted by atomic mass is 10.1. The summed E-state index contributed by atoms with van der Waals surface area (Å²) in [5.74, 6) is -0.999. The molecule has 5 nitrogen and oxygen atoms in total. The Morgan fingerprint density at radius 3 is 2.48 bits per heavy atom. The van der Waals surface area contributed by atoms with Gasteiger partial charge in [0.25, 0.3) is 5.91 Å². The fraction of sp³-hybridized carbons (Fsp3) is 0.300. The number of thioether (sulfide) groups is 1. The number of halogens is 4. The zero-order chi connectivity index (χ0) is 22.4. The molecule has 1 amide bonds. The number of fused-ring (bicyclic) bond motifs is 1. The summed E-state index contributed by atoms with van der Waals surface area (Å²) in [7, 11) is -3.40. The molecule has 0 unspecified atom stereocenters. The van der Waals surface area contributed by atoms with Gasteiger partial charge in [-0.05, 0) is 29.8 Å². The van der Waals surface area contributed by atoms with Crippen LogP contribution in [-0.2, 0) is 27.2 Å². The summed E-state index contributed by atoms with van der Waals surface area (Å²) < 4.78 is 65.2. The molecule has 2 aromatic rings. The van der Waals surface area contributed by atoms with Crippen molar-refractivity contribution >= 4 is 50.0 Å². The van der Waals surface area contributed by atoms with Crippen LogP contribution in [0.1, 0.15) is 11.1 Å². The molecule has 0 aromatic heterocycles. The van der Waals surface area contributed by atoms with Gasteiger partial charge in [0.05, 0.1) is 35.2 Å².